The second-order valence-corrected chi connectivity index (χ2v) is 6.58. The number of amides is 1. The molecular weight excluding hydrogens is 322 g/mol. The monoisotopic (exact) mass is 337 g/mol. The molecular formula is C15H16ClN3O2S. The lowest BCUT2D eigenvalue weighted by atomic mass is 9.85. The second-order valence-electron chi connectivity index (χ2n) is 5.24. The van der Waals surface area contributed by atoms with E-state index in [9.17, 15) is 4.79 Å². The first-order valence-electron chi connectivity index (χ1n) is 7.20. The highest BCUT2D eigenvalue weighted by atomic mass is 35.5. The molecule has 0 aliphatic heterocycles. The van der Waals surface area contributed by atoms with E-state index in [1.807, 2.05) is 18.2 Å². The minimum Gasteiger partial charge on any atom is -0.411 e. The number of rotatable bonds is 6. The summed E-state index contributed by atoms with van der Waals surface area (Å²) in [7, 11) is 0. The summed E-state index contributed by atoms with van der Waals surface area (Å²) in [6, 6.07) is 7.27. The molecule has 3 rings (SSSR count). The zero-order chi connectivity index (χ0) is 15.4. The molecule has 1 aliphatic carbocycles. The summed E-state index contributed by atoms with van der Waals surface area (Å²) < 4.78 is 5.54. The topological polar surface area (TPSA) is 68.0 Å². The van der Waals surface area contributed by atoms with Gasteiger partial charge in [-0.1, -0.05) is 41.9 Å². The van der Waals surface area contributed by atoms with Crippen molar-refractivity contribution in [1.29, 1.82) is 0 Å². The van der Waals surface area contributed by atoms with E-state index >= 15 is 0 Å². The molecule has 1 heterocycles. The van der Waals surface area contributed by atoms with Crippen molar-refractivity contribution in [2.24, 2.45) is 5.92 Å². The largest absolute Gasteiger partial charge is 0.411 e. The quantitative estimate of drug-likeness (QED) is 0.818. The van der Waals surface area contributed by atoms with Gasteiger partial charge in [0.25, 0.3) is 5.22 Å². The number of hydrogen-bond acceptors (Lipinski definition) is 5. The van der Waals surface area contributed by atoms with E-state index in [1.165, 1.54) is 31.0 Å². The molecule has 22 heavy (non-hydrogen) atoms. The van der Waals surface area contributed by atoms with E-state index < -0.39 is 0 Å². The summed E-state index contributed by atoms with van der Waals surface area (Å²) >= 11 is 7.32. The van der Waals surface area contributed by atoms with Crippen molar-refractivity contribution < 1.29 is 9.21 Å². The van der Waals surface area contributed by atoms with Crippen LogP contribution in [0.1, 0.15) is 19.3 Å². The molecule has 0 unspecified atom stereocenters. The van der Waals surface area contributed by atoms with E-state index in [0.29, 0.717) is 27.6 Å². The minimum atomic E-state index is -0.00519. The van der Waals surface area contributed by atoms with Crippen molar-refractivity contribution in [3.63, 3.8) is 0 Å². The third-order valence-electron chi connectivity index (χ3n) is 3.65. The van der Waals surface area contributed by atoms with Crippen LogP contribution in [-0.2, 0) is 4.79 Å². The Bertz CT molecular complexity index is 658. The summed E-state index contributed by atoms with van der Waals surface area (Å²) in [4.78, 5) is 11.7. The molecule has 1 aliphatic rings. The number of nitrogens with one attached hydrogen (secondary N) is 1. The first kappa shape index (κ1) is 15.4. The van der Waals surface area contributed by atoms with Crippen LogP contribution in [0.4, 0.5) is 0 Å². The molecule has 0 atom stereocenters. The maximum atomic E-state index is 11.7. The van der Waals surface area contributed by atoms with Crippen LogP contribution in [0.3, 0.4) is 0 Å². The van der Waals surface area contributed by atoms with Crippen LogP contribution in [0, 0.1) is 5.92 Å². The van der Waals surface area contributed by atoms with Gasteiger partial charge in [-0.15, -0.1) is 10.2 Å². The van der Waals surface area contributed by atoms with Gasteiger partial charge < -0.3 is 9.73 Å². The molecule has 116 valence electrons. The van der Waals surface area contributed by atoms with Crippen LogP contribution in [0.25, 0.3) is 11.5 Å². The molecule has 1 fully saturated rings. The van der Waals surface area contributed by atoms with Gasteiger partial charge in [0.15, 0.2) is 0 Å². The summed E-state index contributed by atoms with van der Waals surface area (Å²) in [5.41, 5.74) is 0.693. The number of halogens is 1. The summed E-state index contributed by atoms with van der Waals surface area (Å²) in [5, 5.41) is 11.8. The average Bonchev–Trinajstić information content (AvgIpc) is 2.93. The van der Waals surface area contributed by atoms with E-state index in [4.69, 9.17) is 16.0 Å². The fourth-order valence-electron chi connectivity index (χ4n) is 2.15. The molecule has 5 nitrogen and oxygen atoms in total. The normalized spacial score (nSPS) is 14.6. The molecule has 1 aromatic heterocycles. The van der Waals surface area contributed by atoms with Crippen LogP contribution >= 0.6 is 23.4 Å². The maximum absolute atomic E-state index is 11.7. The van der Waals surface area contributed by atoms with Crippen LogP contribution < -0.4 is 5.32 Å². The van der Waals surface area contributed by atoms with Gasteiger partial charge in [0.05, 0.1) is 16.3 Å². The molecule has 0 saturated heterocycles. The number of thioether (sulfide) groups is 1. The van der Waals surface area contributed by atoms with Gasteiger partial charge in [-0.05, 0) is 30.9 Å². The summed E-state index contributed by atoms with van der Waals surface area (Å²) in [5.74, 6) is 1.29. The van der Waals surface area contributed by atoms with Crippen molar-refractivity contribution in [2.75, 3.05) is 12.3 Å². The second kappa shape index (κ2) is 7.15. The smallest absolute Gasteiger partial charge is 0.277 e. The van der Waals surface area contributed by atoms with E-state index in [0.717, 1.165) is 6.54 Å². The Hall–Kier alpha value is -1.53. The predicted octanol–water partition coefficient (Wildman–Crippen LogP) is 3.40. The number of benzene rings is 1. The molecule has 0 bridgehead atoms. The highest BCUT2D eigenvalue weighted by molar-refractivity contribution is 7.99. The fourth-order valence-corrected chi connectivity index (χ4v) is 2.95. The third-order valence-corrected chi connectivity index (χ3v) is 4.80. The van der Waals surface area contributed by atoms with Gasteiger partial charge in [0.2, 0.25) is 11.8 Å². The third kappa shape index (κ3) is 3.81. The van der Waals surface area contributed by atoms with Gasteiger partial charge in [-0.3, -0.25) is 4.79 Å². The lowest BCUT2D eigenvalue weighted by Gasteiger charge is -2.25. The Kier molecular flexibility index (Phi) is 5.00. The SMILES string of the molecule is O=C(CSc1nnc(-c2ccccc2Cl)o1)NCC1CCC1. The Morgan fingerprint density at radius 1 is 1.36 bits per heavy atom. The van der Waals surface area contributed by atoms with Crippen molar-refractivity contribution in [1.82, 2.24) is 15.5 Å². The number of carbonyl (C=O) groups excluding carboxylic acids is 1. The zero-order valence-electron chi connectivity index (χ0n) is 11.9. The summed E-state index contributed by atoms with van der Waals surface area (Å²) in [6.45, 7) is 0.772. The van der Waals surface area contributed by atoms with E-state index in [1.54, 1.807) is 6.07 Å². The Balaban J connectivity index is 1.51. The van der Waals surface area contributed by atoms with Gasteiger partial charge in [0, 0.05) is 6.54 Å². The van der Waals surface area contributed by atoms with Crippen LogP contribution in [0.2, 0.25) is 5.02 Å². The Labute approximate surface area is 137 Å². The lowest BCUT2D eigenvalue weighted by molar-refractivity contribution is -0.118. The first-order valence-corrected chi connectivity index (χ1v) is 8.56. The van der Waals surface area contributed by atoms with Crippen LogP contribution in [0.15, 0.2) is 33.9 Å². The standard InChI is InChI=1S/C15H16ClN3O2S/c16-12-7-2-1-6-11(12)14-18-19-15(21-14)22-9-13(20)17-8-10-4-3-5-10/h1-2,6-7,10H,3-5,8-9H2,(H,17,20). The predicted molar refractivity (Wildman–Crippen MR) is 85.8 cm³/mol. The molecule has 0 radical (unpaired) electrons. The average molecular weight is 338 g/mol. The lowest BCUT2D eigenvalue weighted by Crippen LogP contribution is -2.33. The van der Waals surface area contributed by atoms with Crippen LogP contribution in [0.5, 0.6) is 0 Å². The highest BCUT2D eigenvalue weighted by Gasteiger charge is 2.18. The molecule has 1 aromatic carbocycles. The molecule has 2 aromatic rings. The van der Waals surface area contributed by atoms with E-state index in [2.05, 4.69) is 15.5 Å². The number of nitrogens with zero attached hydrogens (tertiary/aromatic N) is 2. The van der Waals surface area contributed by atoms with E-state index in [-0.39, 0.29) is 11.7 Å². The molecule has 1 saturated carbocycles. The van der Waals surface area contributed by atoms with Crippen molar-refractivity contribution >= 4 is 29.3 Å². The van der Waals surface area contributed by atoms with Crippen LogP contribution in [-0.4, -0.2) is 28.4 Å². The van der Waals surface area contributed by atoms with Crippen molar-refractivity contribution in [3.05, 3.63) is 29.3 Å². The maximum Gasteiger partial charge on any atom is 0.277 e. The van der Waals surface area contributed by atoms with Crippen molar-refractivity contribution in [3.8, 4) is 11.5 Å². The summed E-state index contributed by atoms with van der Waals surface area (Å²) in [6.07, 6.45) is 3.72. The van der Waals surface area contributed by atoms with Gasteiger partial charge in [0.1, 0.15) is 0 Å². The Morgan fingerprint density at radius 3 is 2.91 bits per heavy atom. The minimum absolute atomic E-state index is 0.00519. The molecule has 0 spiro atoms. The number of aromatic nitrogens is 2. The van der Waals surface area contributed by atoms with Gasteiger partial charge in [-0.2, -0.15) is 0 Å². The number of carbonyl (C=O) groups is 1. The molecule has 1 N–H and O–H groups in total. The molecule has 7 heteroatoms. The Morgan fingerprint density at radius 2 is 2.18 bits per heavy atom. The number of hydrogen-bond donors (Lipinski definition) is 1. The first-order chi connectivity index (χ1) is 10.7. The fraction of sp³-hybridized carbons (Fsp3) is 0.400. The highest BCUT2D eigenvalue weighted by Crippen LogP contribution is 2.28. The molecule has 1 amide bonds. The van der Waals surface area contributed by atoms with Gasteiger partial charge in [-0.25, -0.2) is 0 Å². The zero-order valence-corrected chi connectivity index (χ0v) is 13.5. The van der Waals surface area contributed by atoms with Crippen molar-refractivity contribution in [2.45, 2.75) is 24.5 Å². The van der Waals surface area contributed by atoms with Gasteiger partial charge >= 0.3 is 0 Å².